The highest BCUT2D eigenvalue weighted by Gasteiger charge is 2.40. The van der Waals surface area contributed by atoms with Crippen molar-refractivity contribution in [1.29, 1.82) is 0 Å². The number of hydrogen-bond donors (Lipinski definition) is 5. The zero-order valence-electron chi connectivity index (χ0n) is 33.7. The predicted octanol–water partition coefficient (Wildman–Crippen LogP) is 4.85. The number of aromatic amines is 1. The fourth-order valence-electron chi connectivity index (χ4n) is 8.15. The molecule has 5 N–H and O–H groups in total. The van der Waals surface area contributed by atoms with Crippen LogP contribution in [0.2, 0.25) is 0 Å². The molecule has 6 aromatic rings. The Morgan fingerprint density at radius 3 is 2.62 bits per heavy atom. The minimum atomic E-state index is -0.686. The van der Waals surface area contributed by atoms with Crippen LogP contribution in [0.3, 0.4) is 0 Å². The number of methoxy groups -OCH3 is 1. The molecule has 18 heteroatoms. The van der Waals surface area contributed by atoms with Crippen molar-refractivity contribution in [3.8, 4) is 16.9 Å². The molecule has 6 heterocycles. The number of amides is 4. The van der Waals surface area contributed by atoms with Crippen LogP contribution in [0.4, 0.5) is 17.3 Å². The van der Waals surface area contributed by atoms with E-state index in [-0.39, 0.29) is 43.8 Å². The van der Waals surface area contributed by atoms with Gasteiger partial charge in [0.25, 0.3) is 11.8 Å². The minimum Gasteiger partial charge on any atom is -0.496 e. The lowest BCUT2D eigenvalue weighted by Crippen LogP contribution is -2.52. The van der Waals surface area contributed by atoms with Crippen LogP contribution in [0, 0.1) is 13.8 Å². The normalized spacial score (nSPS) is 16.4. The predicted molar refractivity (Wildman–Crippen MR) is 220 cm³/mol. The Hall–Kier alpha value is -6.82. The van der Waals surface area contributed by atoms with E-state index in [4.69, 9.17) is 29.1 Å². The van der Waals surface area contributed by atoms with Crippen LogP contribution in [-0.2, 0) is 27.4 Å². The van der Waals surface area contributed by atoms with Crippen LogP contribution in [-0.4, -0.2) is 97.9 Å². The second-order valence-corrected chi connectivity index (χ2v) is 15.2. The summed E-state index contributed by atoms with van der Waals surface area (Å²) in [5.41, 5.74) is 6.73. The van der Waals surface area contributed by atoms with E-state index in [1.807, 2.05) is 49.7 Å². The number of hydrogen-bond acceptors (Lipinski definition) is 13. The third kappa shape index (κ3) is 7.16. The largest absolute Gasteiger partial charge is 0.496 e. The Labute approximate surface area is 343 Å². The Kier molecular flexibility index (Phi) is 10.1. The van der Waals surface area contributed by atoms with Gasteiger partial charge < -0.3 is 39.8 Å². The van der Waals surface area contributed by atoms with E-state index in [1.54, 1.807) is 19.2 Å². The van der Waals surface area contributed by atoms with Crippen molar-refractivity contribution in [1.82, 2.24) is 45.4 Å². The van der Waals surface area contributed by atoms with Gasteiger partial charge in [-0.05, 0) is 64.3 Å². The van der Waals surface area contributed by atoms with Gasteiger partial charge in [-0.3, -0.25) is 24.5 Å². The van der Waals surface area contributed by atoms with E-state index in [9.17, 15) is 19.2 Å². The number of fused-ring (bicyclic) bond motifs is 4. The number of nitrogens with zero attached hydrogens (tertiary/aromatic N) is 6. The lowest BCUT2D eigenvalue weighted by Gasteiger charge is -2.29. The number of aromatic nitrogens is 6. The Bertz CT molecular complexity index is 2680. The molecular formula is C42H45N11O7. The van der Waals surface area contributed by atoms with E-state index < -0.39 is 17.9 Å². The highest BCUT2D eigenvalue weighted by Crippen LogP contribution is 2.43. The van der Waals surface area contributed by atoms with Crippen molar-refractivity contribution in [3.63, 3.8) is 0 Å². The molecule has 1 unspecified atom stereocenters. The zero-order chi connectivity index (χ0) is 41.7. The number of nitrogens with one attached hydrogen (secondary N) is 5. The molecule has 1 atom stereocenters. The number of imide groups is 1. The van der Waals surface area contributed by atoms with Gasteiger partial charge in [0, 0.05) is 77.9 Å². The molecule has 0 bridgehead atoms. The summed E-state index contributed by atoms with van der Waals surface area (Å²) < 4.78 is 19.1. The lowest BCUT2D eigenvalue weighted by molar-refractivity contribution is -0.136. The number of ether oxygens (including phenoxy) is 2. The van der Waals surface area contributed by atoms with Crippen LogP contribution in [0.1, 0.15) is 82.2 Å². The van der Waals surface area contributed by atoms with Crippen molar-refractivity contribution in [2.45, 2.75) is 71.5 Å². The van der Waals surface area contributed by atoms with Crippen LogP contribution < -0.4 is 26.0 Å². The summed E-state index contributed by atoms with van der Waals surface area (Å²) in [4.78, 5) is 65.4. The van der Waals surface area contributed by atoms with Crippen LogP contribution in [0.15, 0.2) is 40.9 Å². The smallest absolute Gasteiger partial charge is 0.289 e. The maximum absolute atomic E-state index is 13.6. The molecular weight excluding hydrogens is 771 g/mol. The molecule has 4 aromatic heterocycles. The first kappa shape index (κ1) is 38.7. The molecule has 1 saturated carbocycles. The number of H-pyrrole nitrogens is 1. The molecule has 2 aromatic carbocycles. The Morgan fingerprint density at radius 2 is 1.87 bits per heavy atom. The van der Waals surface area contributed by atoms with E-state index in [2.05, 4.69) is 31.4 Å². The van der Waals surface area contributed by atoms with Crippen LogP contribution in [0.25, 0.3) is 33.1 Å². The monoisotopic (exact) mass is 815 g/mol. The molecule has 0 spiro atoms. The number of anilines is 3. The molecule has 2 aliphatic heterocycles. The quantitative estimate of drug-likeness (QED) is 0.0692. The van der Waals surface area contributed by atoms with E-state index in [1.165, 1.54) is 4.90 Å². The number of carbonyl (C=O) groups excluding carboxylic acids is 4. The first-order chi connectivity index (χ1) is 29.1. The summed E-state index contributed by atoms with van der Waals surface area (Å²) in [5.74, 6) is 1.44. The van der Waals surface area contributed by atoms with Gasteiger partial charge in [-0.15, -0.1) is 0 Å². The highest BCUT2D eigenvalue weighted by molar-refractivity contribution is 6.14. The second kappa shape index (κ2) is 15.7. The molecule has 1 aliphatic carbocycles. The van der Waals surface area contributed by atoms with Crippen molar-refractivity contribution in [3.05, 3.63) is 70.5 Å². The standard InChI is InChI=1S/C42H45N11O7/c1-5-53-33(19-29(50-53)23-9-10-23)46-38-36-25-18-32(58-4)26(35-21(2)51-60-22(35)3)17-30(25)45-37(36)48-39(49-38)41(56)44-14-16-59-15-13-43-28-8-6-7-24-27(28)20-52(42(24)57)31-11-12-34(54)47-40(31)55/h6-8,17-19,23,31,43H,5,9-16,20H2,1-4H3,(H,44,56)(H,47,54,55)(H2,45,46,48,49). The first-order valence-corrected chi connectivity index (χ1v) is 20.2. The summed E-state index contributed by atoms with van der Waals surface area (Å²) >= 11 is 0. The zero-order valence-corrected chi connectivity index (χ0v) is 33.7. The van der Waals surface area contributed by atoms with Gasteiger partial charge in [0.2, 0.25) is 17.6 Å². The van der Waals surface area contributed by atoms with E-state index in [0.717, 1.165) is 63.3 Å². The molecule has 9 rings (SSSR count). The molecule has 0 radical (unpaired) electrons. The number of rotatable bonds is 15. The van der Waals surface area contributed by atoms with Gasteiger partial charge in [-0.2, -0.15) is 5.10 Å². The lowest BCUT2D eigenvalue weighted by atomic mass is 10.0. The van der Waals surface area contributed by atoms with Crippen molar-refractivity contribution in [2.75, 3.05) is 44.0 Å². The maximum Gasteiger partial charge on any atom is 0.289 e. The number of piperidine rings is 1. The van der Waals surface area contributed by atoms with Crippen molar-refractivity contribution >= 4 is 62.9 Å². The Balaban J connectivity index is 0.886. The second-order valence-electron chi connectivity index (χ2n) is 15.2. The summed E-state index contributed by atoms with van der Waals surface area (Å²) in [5, 5.41) is 22.5. The van der Waals surface area contributed by atoms with Crippen molar-refractivity contribution in [2.24, 2.45) is 0 Å². The van der Waals surface area contributed by atoms with Crippen molar-refractivity contribution < 1.29 is 33.2 Å². The third-order valence-electron chi connectivity index (χ3n) is 11.3. The third-order valence-corrected chi connectivity index (χ3v) is 11.3. The molecule has 3 aliphatic rings. The fraction of sp³-hybridized carbons (Fsp3) is 0.381. The van der Waals surface area contributed by atoms with Gasteiger partial charge in [-0.1, -0.05) is 11.2 Å². The summed E-state index contributed by atoms with van der Waals surface area (Å²) in [6, 6.07) is 10.7. The average molecular weight is 816 g/mol. The van der Waals surface area contributed by atoms with Gasteiger partial charge >= 0.3 is 0 Å². The molecule has 60 heavy (non-hydrogen) atoms. The minimum absolute atomic E-state index is 0.0278. The van der Waals surface area contributed by atoms with E-state index >= 15 is 0 Å². The van der Waals surface area contributed by atoms with Crippen LogP contribution >= 0.6 is 0 Å². The fourth-order valence-corrected chi connectivity index (χ4v) is 8.15. The summed E-state index contributed by atoms with van der Waals surface area (Å²) in [7, 11) is 1.62. The van der Waals surface area contributed by atoms with Crippen LogP contribution in [0.5, 0.6) is 5.75 Å². The average Bonchev–Trinajstić information content (AvgIpc) is 3.61. The van der Waals surface area contributed by atoms with E-state index in [0.29, 0.717) is 66.0 Å². The van der Waals surface area contributed by atoms with Gasteiger partial charge in [0.15, 0.2) is 0 Å². The molecule has 4 amide bonds. The Morgan fingerprint density at radius 1 is 1.03 bits per heavy atom. The molecule has 18 nitrogen and oxygen atoms in total. The van der Waals surface area contributed by atoms with Gasteiger partial charge in [0.05, 0.1) is 42.7 Å². The number of carbonyl (C=O) groups is 4. The SMILES string of the molecule is CCn1nc(C2CC2)cc1Nc1nc(C(=O)NCCOCCNc2cccc3c2CN(C2CCC(=O)NC2=O)C3=O)nc2[nH]c3cc(-c4c(C)noc4C)c(OC)cc3c12. The highest BCUT2D eigenvalue weighted by atomic mass is 16.5. The molecule has 310 valence electrons. The molecule has 1 saturated heterocycles. The first-order valence-electron chi connectivity index (χ1n) is 20.2. The maximum atomic E-state index is 13.6. The van der Waals surface area contributed by atoms with Gasteiger partial charge in [-0.25, -0.2) is 14.6 Å². The summed E-state index contributed by atoms with van der Waals surface area (Å²) in [6.45, 7) is 7.88. The number of aryl methyl sites for hydroxylation is 3. The molecule has 2 fully saturated rings. The number of benzene rings is 2. The topological polar surface area (TPSA) is 224 Å². The van der Waals surface area contributed by atoms with Gasteiger partial charge in [0.1, 0.15) is 34.8 Å². The summed E-state index contributed by atoms with van der Waals surface area (Å²) in [6.07, 6.45) is 2.72.